The second kappa shape index (κ2) is 10.2. The normalized spacial score (nSPS) is 34.9. The van der Waals surface area contributed by atoms with E-state index in [1.807, 2.05) is 0 Å². The van der Waals surface area contributed by atoms with E-state index in [4.69, 9.17) is 4.74 Å². The van der Waals surface area contributed by atoms with E-state index in [1.54, 1.807) is 0 Å². The van der Waals surface area contributed by atoms with Crippen LogP contribution in [0.3, 0.4) is 0 Å². The molecule has 162 valence electrons. The average Bonchev–Trinajstić information content (AvgIpc) is 2.76. The van der Waals surface area contributed by atoms with Crippen LogP contribution in [0.25, 0.3) is 0 Å². The number of morpholine rings is 1. The first-order valence-corrected chi connectivity index (χ1v) is 11.8. The van der Waals surface area contributed by atoms with Gasteiger partial charge in [0.1, 0.15) is 6.29 Å². The first-order chi connectivity index (χ1) is 13.7. The molecule has 2 saturated heterocycles. The summed E-state index contributed by atoms with van der Waals surface area (Å²) in [5.41, 5.74) is 0. The van der Waals surface area contributed by atoms with Crippen molar-refractivity contribution >= 4 is 0 Å². The monoisotopic (exact) mass is 395 g/mol. The quantitative estimate of drug-likeness (QED) is 0.629. The number of nitrogens with one attached hydrogen (secondary N) is 2. The standard InChI is InChI=1S/C21H42N6O/c1-25(2)19-22-20(26-13-15-28-16-14-26)24-21(23-19)27(17-9-5-3-6-10-17)18-11-7-4-8-12-18/h17-24H,3-16H2,1-2H3/p+1. The fraction of sp³-hybridized carbons (Fsp3) is 1.00. The molecule has 7 heteroatoms. The van der Waals surface area contributed by atoms with Crippen LogP contribution < -0.4 is 16.0 Å². The molecular formula is C21H43N6O+. The number of ether oxygens (including phenoxy) is 1. The molecule has 0 bridgehead atoms. The number of nitrogens with zero attached hydrogens (tertiary/aromatic N) is 3. The molecule has 0 aromatic rings. The molecule has 0 spiro atoms. The third kappa shape index (κ3) is 5.06. The fourth-order valence-corrected chi connectivity index (χ4v) is 5.72. The molecule has 2 heterocycles. The van der Waals surface area contributed by atoms with Gasteiger partial charge in [-0.25, -0.2) is 20.4 Å². The van der Waals surface area contributed by atoms with Crippen molar-refractivity contribution in [3.8, 4) is 0 Å². The molecule has 0 aromatic carbocycles. The Morgan fingerprint density at radius 3 is 1.86 bits per heavy atom. The number of quaternary nitrogens is 1. The second-order valence-electron chi connectivity index (χ2n) is 9.46. The summed E-state index contributed by atoms with van der Waals surface area (Å²) in [7, 11) is 4.39. The lowest BCUT2D eigenvalue weighted by molar-refractivity contribution is -0.778. The number of rotatable bonds is 5. The summed E-state index contributed by atoms with van der Waals surface area (Å²) in [5, 5.41) is 10.3. The van der Waals surface area contributed by atoms with Gasteiger partial charge in [0.05, 0.1) is 13.2 Å². The lowest BCUT2D eigenvalue weighted by atomic mass is 9.88. The lowest BCUT2D eigenvalue weighted by Gasteiger charge is -2.50. The fourth-order valence-electron chi connectivity index (χ4n) is 5.72. The van der Waals surface area contributed by atoms with Crippen LogP contribution in [0.1, 0.15) is 64.2 Å². The Morgan fingerprint density at radius 1 is 0.786 bits per heavy atom. The van der Waals surface area contributed by atoms with Crippen LogP contribution in [0.15, 0.2) is 0 Å². The Labute approximate surface area is 171 Å². The smallest absolute Gasteiger partial charge is 0.204 e. The van der Waals surface area contributed by atoms with E-state index in [0.717, 1.165) is 38.4 Å². The van der Waals surface area contributed by atoms with E-state index >= 15 is 0 Å². The Hall–Kier alpha value is -0.280. The van der Waals surface area contributed by atoms with E-state index in [9.17, 15) is 0 Å². The van der Waals surface area contributed by atoms with Gasteiger partial charge in [-0.05, 0) is 39.8 Å². The van der Waals surface area contributed by atoms with Crippen LogP contribution in [0.2, 0.25) is 0 Å². The molecule has 4 rings (SSSR count). The Bertz CT molecular complexity index is 442. The SMILES string of the molecule is CN(C)C1NC(N2CCOCC2)NC(N(C2CCCCC2)C2CCCCC2)[NH2+]1. The highest BCUT2D eigenvalue weighted by molar-refractivity contribution is 4.87. The third-order valence-electron chi connectivity index (χ3n) is 7.30. The molecule has 4 N–H and O–H groups in total. The Morgan fingerprint density at radius 2 is 1.32 bits per heavy atom. The minimum Gasteiger partial charge on any atom is -0.379 e. The second-order valence-corrected chi connectivity index (χ2v) is 9.46. The molecule has 3 unspecified atom stereocenters. The molecule has 4 fully saturated rings. The molecule has 28 heavy (non-hydrogen) atoms. The van der Waals surface area contributed by atoms with Crippen LogP contribution in [0.4, 0.5) is 0 Å². The first-order valence-electron chi connectivity index (χ1n) is 11.8. The van der Waals surface area contributed by atoms with Crippen LogP contribution in [0, 0.1) is 0 Å². The summed E-state index contributed by atoms with van der Waals surface area (Å²) in [6.45, 7) is 3.69. The van der Waals surface area contributed by atoms with Crippen molar-refractivity contribution in [1.82, 2.24) is 25.3 Å². The van der Waals surface area contributed by atoms with Gasteiger partial charge >= 0.3 is 0 Å². The predicted octanol–water partition coefficient (Wildman–Crippen LogP) is 0.455. The molecule has 2 saturated carbocycles. The molecule has 0 aromatic heterocycles. The number of nitrogens with two attached hydrogens (primary N) is 1. The van der Waals surface area contributed by atoms with Crippen molar-refractivity contribution in [2.45, 2.75) is 95.2 Å². The molecule has 4 aliphatic rings. The largest absolute Gasteiger partial charge is 0.379 e. The molecule has 3 atom stereocenters. The van der Waals surface area contributed by atoms with Gasteiger partial charge in [0.25, 0.3) is 0 Å². The van der Waals surface area contributed by atoms with Crippen molar-refractivity contribution < 1.29 is 10.1 Å². The summed E-state index contributed by atoms with van der Waals surface area (Å²) in [5.74, 6) is 0. The van der Waals surface area contributed by atoms with Crippen LogP contribution in [-0.2, 0) is 4.74 Å². The molecule has 0 radical (unpaired) electrons. The Balaban J connectivity index is 1.53. The van der Waals surface area contributed by atoms with Crippen molar-refractivity contribution in [3.63, 3.8) is 0 Å². The van der Waals surface area contributed by atoms with E-state index in [2.05, 4.69) is 44.7 Å². The maximum Gasteiger partial charge on any atom is 0.204 e. The van der Waals surface area contributed by atoms with E-state index < -0.39 is 0 Å². The van der Waals surface area contributed by atoms with E-state index in [0.29, 0.717) is 12.6 Å². The summed E-state index contributed by atoms with van der Waals surface area (Å²) < 4.78 is 5.60. The van der Waals surface area contributed by atoms with Gasteiger partial charge in [-0.15, -0.1) is 0 Å². The maximum atomic E-state index is 5.60. The zero-order valence-electron chi connectivity index (χ0n) is 18.1. The van der Waals surface area contributed by atoms with Gasteiger partial charge in [0.2, 0.25) is 12.6 Å². The van der Waals surface area contributed by atoms with Crippen molar-refractivity contribution in [3.05, 3.63) is 0 Å². The van der Waals surface area contributed by atoms with Crippen molar-refractivity contribution in [2.24, 2.45) is 0 Å². The minimum absolute atomic E-state index is 0.223. The summed E-state index contributed by atoms with van der Waals surface area (Å²) in [6.07, 6.45) is 14.9. The molecule has 2 aliphatic carbocycles. The van der Waals surface area contributed by atoms with Crippen LogP contribution in [-0.4, -0.2) is 86.1 Å². The van der Waals surface area contributed by atoms with Gasteiger partial charge in [-0.3, -0.25) is 10.2 Å². The zero-order valence-corrected chi connectivity index (χ0v) is 18.1. The molecule has 2 aliphatic heterocycles. The average molecular weight is 396 g/mol. The van der Waals surface area contributed by atoms with Gasteiger partial charge in [-0.2, -0.15) is 0 Å². The van der Waals surface area contributed by atoms with E-state index in [-0.39, 0.29) is 6.29 Å². The van der Waals surface area contributed by atoms with Gasteiger partial charge < -0.3 is 4.74 Å². The maximum absolute atomic E-state index is 5.60. The highest BCUT2D eigenvalue weighted by Gasteiger charge is 2.43. The number of hydrogen-bond donors (Lipinski definition) is 3. The van der Waals surface area contributed by atoms with Crippen LogP contribution >= 0.6 is 0 Å². The molecule has 7 nitrogen and oxygen atoms in total. The number of hydrogen-bond acceptors (Lipinski definition) is 6. The van der Waals surface area contributed by atoms with Crippen LogP contribution in [0.5, 0.6) is 0 Å². The summed E-state index contributed by atoms with van der Waals surface area (Å²) in [6, 6.07) is 1.49. The summed E-state index contributed by atoms with van der Waals surface area (Å²) >= 11 is 0. The highest BCUT2D eigenvalue weighted by atomic mass is 16.5. The molecular weight excluding hydrogens is 352 g/mol. The van der Waals surface area contributed by atoms with Gasteiger partial charge in [0, 0.05) is 25.2 Å². The Kier molecular flexibility index (Phi) is 7.61. The highest BCUT2D eigenvalue weighted by Crippen LogP contribution is 2.30. The molecule has 0 amide bonds. The minimum atomic E-state index is 0.223. The van der Waals surface area contributed by atoms with Gasteiger partial charge in [0.15, 0.2) is 0 Å². The first kappa shape index (κ1) is 21.0. The van der Waals surface area contributed by atoms with Crippen molar-refractivity contribution in [2.75, 3.05) is 40.4 Å². The zero-order chi connectivity index (χ0) is 19.3. The van der Waals surface area contributed by atoms with Gasteiger partial charge in [-0.1, -0.05) is 38.5 Å². The predicted molar refractivity (Wildman–Crippen MR) is 111 cm³/mol. The topological polar surface area (TPSA) is 59.6 Å². The third-order valence-corrected chi connectivity index (χ3v) is 7.30. The van der Waals surface area contributed by atoms with E-state index in [1.165, 1.54) is 64.2 Å². The summed E-state index contributed by atoms with van der Waals surface area (Å²) in [4.78, 5) is 7.77. The lowest BCUT2D eigenvalue weighted by Crippen LogP contribution is -3.10. The van der Waals surface area contributed by atoms with Crippen molar-refractivity contribution in [1.29, 1.82) is 0 Å².